The minimum Gasteiger partial charge on any atom is -0.378 e. The molecule has 1 aromatic carbocycles. The molecule has 0 amide bonds. The predicted octanol–water partition coefficient (Wildman–Crippen LogP) is 3.62. The molecule has 0 heterocycles. The van der Waals surface area contributed by atoms with Gasteiger partial charge in [-0.05, 0) is 24.5 Å². The monoisotopic (exact) mass is 189 g/mol. The summed E-state index contributed by atoms with van der Waals surface area (Å²) in [4.78, 5) is 0. The maximum absolute atomic E-state index is 3.85. The standard InChI is InChI=1S/C13H19N/c1-5-12(10(2)3)14-13-9-7-6-8-11(13)4/h5-10,12,14H,1H2,2-4H3. The minimum absolute atomic E-state index is 0.344. The second kappa shape index (κ2) is 4.85. The Morgan fingerprint density at radius 2 is 1.93 bits per heavy atom. The highest BCUT2D eigenvalue weighted by Crippen LogP contribution is 2.17. The molecule has 0 spiro atoms. The lowest BCUT2D eigenvalue weighted by Crippen LogP contribution is -2.23. The van der Waals surface area contributed by atoms with Gasteiger partial charge in [0.2, 0.25) is 0 Å². The first kappa shape index (κ1) is 10.8. The molecule has 1 N–H and O–H groups in total. The van der Waals surface area contributed by atoms with Gasteiger partial charge < -0.3 is 5.32 Å². The summed E-state index contributed by atoms with van der Waals surface area (Å²) in [6.07, 6.45) is 1.97. The highest BCUT2D eigenvalue weighted by Gasteiger charge is 2.08. The van der Waals surface area contributed by atoms with Crippen molar-refractivity contribution in [1.29, 1.82) is 0 Å². The number of benzene rings is 1. The summed E-state index contributed by atoms with van der Waals surface area (Å²) in [7, 11) is 0. The van der Waals surface area contributed by atoms with Crippen LogP contribution in [0.3, 0.4) is 0 Å². The number of rotatable bonds is 4. The van der Waals surface area contributed by atoms with E-state index in [0.717, 1.165) is 0 Å². The number of nitrogens with one attached hydrogen (secondary N) is 1. The van der Waals surface area contributed by atoms with Crippen LogP contribution in [-0.4, -0.2) is 6.04 Å². The van der Waals surface area contributed by atoms with E-state index in [-0.39, 0.29) is 0 Å². The van der Waals surface area contributed by atoms with Gasteiger partial charge in [-0.3, -0.25) is 0 Å². The highest BCUT2D eigenvalue weighted by molar-refractivity contribution is 5.51. The summed E-state index contributed by atoms with van der Waals surface area (Å²) in [6.45, 7) is 10.3. The fraction of sp³-hybridized carbons (Fsp3) is 0.385. The van der Waals surface area contributed by atoms with Crippen LogP contribution in [0.15, 0.2) is 36.9 Å². The molecule has 1 aromatic rings. The van der Waals surface area contributed by atoms with Crippen molar-refractivity contribution in [3.8, 4) is 0 Å². The zero-order valence-corrected chi connectivity index (χ0v) is 9.25. The van der Waals surface area contributed by atoms with Crippen LogP contribution in [0.5, 0.6) is 0 Å². The first-order valence-corrected chi connectivity index (χ1v) is 5.10. The van der Waals surface area contributed by atoms with Gasteiger partial charge in [0.1, 0.15) is 0 Å². The smallest absolute Gasteiger partial charge is 0.0464 e. The lowest BCUT2D eigenvalue weighted by atomic mass is 10.0. The molecule has 1 heteroatoms. The van der Waals surface area contributed by atoms with E-state index in [1.54, 1.807) is 0 Å². The summed E-state index contributed by atoms with van der Waals surface area (Å²) in [6, 6.07) is 8.67. The number of para-hydroxylation sites is 1. The van der Waals surface area contributed by atoms with Crippen LogP contribution in [-0.2, 0) is 0 Å². The van der Waals surface area contributed by atoms with Gasteiger partial charge in [0.25, 0.3) is 0 Å². The third-order valence-corrected chi connectivity index (χ3v) is 2.44. The van der Waals surface area contributed by atoms with Crippen molar-refractivity contribution in [3.63, 3.8) is 0 Å². The van der Waals surface area contributed by atoms with Crippen LogP contribution >= 0.6 is 0 Å². The Labute approximate surface area is 86.8 Å². The number of aryl methyl sites for hydroxylation is 1. The molecule has 0 saturated carbocycles. The summed E-state index contributed by atoms with van der Waals surface area (Å²) in [5.74, 6) is 0.562. The van der Waals surface area contributed by atoms with E-state index >= 15 is 0 Å². The first-order chi connectivity index (χ1) is 6.65. The maximum Gasteiger partial charge on any atom is 0.0464 e. The van der Waals surface area contributed by atoms with Crippen LogP contribution < -0.4 is 5.32 Å². The normalized spacial score (nSPS) is 12.6. The number of hydrogen-bond donors (Lipinski definition) is 1. The summed E-state index contributed by atoms with van der Waals surface area (Å²) >= 11 is 0. The molecule has 0 saturated heterocycles. The van der Waals surface area contributed by atoms with E-state index < -0.39 is 0 Å². The third kappa shape index (κ3) is 2.63. The quantitative estimate of drug-likeness (QED) is 0.713. The molecule has 0 aromatic heterocycles. The molecule has 0 radical (unpaired) electrons. The van der Waals surface area contributed by atoms with E-state index in [4.69, 9.17) is 0 Å². The summed E-state index contributed by atoms with van der Waals surface area (Å²) < 4.78 is 0. The van der Waals surface area contributed by atoms with Crippen LogP contribution in [0.25, 0.3) is 0 Å². The third-order valence-electron chi connectivity index (χ3n) is 2.44. The summed E-state index contributed by atoms with van der Waals surface area (Å²) in [5.41, 5.74) is 2.48. The number of anilines is 1. The molecule has 0 aliphatic carbocycles. The van der Waals surface area contributed by atoms with Gasteiger partial charge in [-0.2, -0.15) is 0 Å². The van der Waals surface area contributed by atoms with E-state index in [1.807, 2.05) is 6.08 Å². The van der Waals surface area contributed by atoms with Crippen molar-refractivity contribution in [1.82, 2.24) is 0 Å². The second-order valence-electron chi connectivity index (χ2n) is 3.96. The topological polar surface area (TPSA) is 12.0 Å². The molecule has 0 aliphatic rings. The van der Waals surface area contributed by atoms with Gasteiger partial charge in [0.15, 0.2) is 0 Å². The Bertz CT molecular complexity index is 302. The molecule has 1 nitrogen and oxygen atoms in total. The molecule has 76 valence electrons. The van der Waals surface area contributed by atoms with E-state index in [2.05, 4.69) is 56.9 Å². The summed E-state index contributed by atoms with van der Waals surface area (Å²) in [5, 5.41) is 3.48. The minimum atomic E-state index is 0.344. The van der Waals surface area contributed by atoms with Crippen molar-refractivity contribution >= 4 is 5.69 Å². The molecule has 14 heavy (non-hydrogen) atoms. The van der Waals surface area contributed by atoms with Gasteiger partial charge in [0, 0.05) is 11.7 Å². The Morgan fingerprint density at radius 3 is 2.43 bits per heavy atom. The Balaban J connectivity index is 2.77. The second-order valence-corrected chi connectivity index (χ2v) is 3.96. The largest absolute Gasteiger partial charge is 0.378 e. The Hall–Kier alpha value is -1.24. The SMILES string of the molecule is C=CC(Nc1ccccc1C)C(C)C. The van der Waals surface area contributed by atoms with Crippen molar-refractivity contribution in [3.05, 3.63) is 42.5 Å². The lowest BCUT2D eigenvalue weighted by Gasteiger charge is -2.20. The fourth-order valence-electron chi connectivity index (χ4n) is 1.41. The van der Waals surface area contributed by atoms with Crippen molar-refractivity contribution in [2.24, 2.45) is 5.92 Å². The fourth-order valence-corrected chi connectivity index (χ4v) is 1.41. The zero-order valence-electron chi connectivity index (χ0n) is 9.25. The van der Waals surface area contributed by atoms with Gasteiger partial charge in [0.05, 0.1) is 0 Å². The lowest BCUT2D eigenvalue weighted by molar-refractivity contribution is 0.601. The molecule has 0 fully saturated rings. The van der Waals surface area contributed by atoms with E-state index in [0.29, 0.717) is 12.0 Å². The maximum atomic E-state index is 3.85. The van der Waals surface area contributed by atoms with Crippen LogP contribution in [0, 0.1) is 12.8 Å². The molecule has 0 bridgehead atoms. The molecular weight excluding hydrogens is 170 g/mol. The Kier molecular flexibility index (Phi) is 3.75. The highest BCUT2D eigenvalue weighted by atomic mass is 14.9. The molecule has 1 rings (SSSR count). The van der Waals surface area contributed by atoms with Crippen LogP contribution in [0.4, 0.5) is 5.69 Å². The Morgan fingerprint density at radius 1 is 1.29 bits per heavy atom. The number of hydrogen-bond acceptors (Lipinski definition) is 1. The zero-order chi connectivity index (χ0) is 10.6. The van der Waals surface area contributed by atoms with E-state index in [1.165, 1.54) is 11.3 Å². The van der Waals surface area contributed by atoms with Gasteiger partial charge >= 0.3 is 0 Å². The average molecular weight is 189 g/mol. The van der Waals surface area contributed by atoms with Gasteiger partial charge in [-0.15, -0.1) is 6.58 Å². The van der Waals surface area contributed by atoms with Crippen molar-refractivity contribution in [2.45, 2.75) is 26.8 Å². The molecule has 1 atom stereocenters. The van der Waals surface area contributed by atoms with Crippen LogP contribution in [0.2, 0.25) is 0 Å². The molecule has 1 unspecified atom stereocenters. The van der Waals surface area contributed by atoms with E-state index in [9.17, 15) is 0 Å². The average Bonchev–Trinajstić information content (AvgIpc) is 2.16. The molecular formula is C13H19N. The van der Waals surface area contributed by atoms with Gasteiger partial charge in [-0.1, -0.05) is 38.1 Å². The molecule has 0 aliphatic heterocycles. The van der Waals surface area contributed by atoms with Gasteiger partial charge in [-0.25, -0.2) is 0 Å². The van der Waals surface area contributed by atoms with Crippen molar-refractivity contribution < 1.29 is 0 Å². The predicted molar refractivity (Wildman–Crippen MR) is 63.6 cm³/mol. The first-order valence-electron chi connectivity index (χ1n) is 5.10. The van der Waals surface area contributed by atoms with Crippen LogP contribution in [0.1, 0.15) is 19.4 Å². The van der Waals surface area contributed by atoms with Crippen molar-refractivity contribution in [2.75, 3.05) is 5.32 Å².